The summed E-state index contributed by atoms with van der Waals surface area (Å²) in [7, 11) is 6.37. The van der Waals surface area contributed by atoms with Crippen molar-refractivity contribution < 1.29 is 38.7 Å². The molecule has 0 fully saturated rings. The zero-order valence-corrected chi connectivity index (χ0v) is 32.6. The van der Waals surface area contributed by atoms with E-state index in [9.17, 15) is 9.59 Å². The first-order chi connectivity index (χ1) is 28.1. The Hall–Kier alpha value is -7.58. The molecule has 6 rings (SSSR count). The number of methoxy groups -OCH3 is 4. The quantitative estimate of drug-likeness (QED) is 0.0576. The van der Waals surface area contributed by atoms with E-state index in [2.05, 4.69) is 42.4 Å². The van der Waals surface area contributed by atoms with E-state index in [4.69, 9.17) is 42.0 Å². The summed E-state index contributed by atoms with van der Waals surface area (Å²) in [6, 6.07) is 22.5. The summed E-state index contributed by atoms with van der Waals surface area (Å²) in [5, 5.41) is 24.7. The normalized spacial score (nSPS) is 10.0. The number of fused-ring (bicyclic) bond motifs is 2. The van der Waals surface area contributed by atoms with Gasteiger partial charge in [-0.25, -0.2) is 19.9 Å². The zero-order chi connectivity index (χ0) is 41.9. The molecule has 0 aliphatic carbocycles. The van der Waals surface area contributed by atoms with Crippen LogP contribution < -0.4 is 29.6 Å². The van der Waals surface area contributed by atoms with Gasteiger partial charge in [0.1, 0.15) is 24.3 Å². The lowest BCUT2D eigenvalue weighted by Gasteiger charge is -2.12. The molecule has 0 atom stereocenters. The molecule has 2 heterocycles. The van der Waals surface area contributed by atoms with E-state index < -0.39 is 11.9 Å². The average Bonchev–Trinajstić information content (AvgIpc) is 3.24. The second-order valence-electron chi connectivity index (χ2n) is 12.3. The standard InChI is InChI=1S/2C18H15N3O2.C8H14O4/c2*1-4-12-6-5-7-13(8-12)21-18-14-9-16(22-2)17(23-3)10-15(14)19-11-20-18;9-7(10)5-3-1-2-4-6-8(11)12/h2*1,5-11H,2-3H3,(H,19,20,21);1-6H2,(H,9,10)(H,11,12). The van der Waals surface area contributed by atoms with Crippen molar-refractivity contribution in [1.29, 1.82) is 0 Å². The summed E-state index contributed by atoms with van der Waals surface area (Å²) in [6.45, 7) is 0. The Morgan fingerprint density at radius 3 is 1.29 bits per heavy atom. The van der Waals surface area contributed by atoms with Crippen molar-refractivity contribution >= 4 is 56.8 Å². The maximum absolute atomic E-state index is 10.0. The predicted molar refractivity (Wildman–Crippen MR) is 224 cm³/mol. The van der Waals surface area contributed by atoms with E-state index in [1.54, 1.807) is 28.4 Å². The zero-order valence-electron chi connectivity index (χ0n) is 32.6. The number of terminal acetylenes is 2. The summed E-state index contributed by atoms with van der Waals surface area (Å²) in [5.74, 6) is 7.49. The molecule has 0 aliphatic heterocycles. The summed E-state index contributed by atoms with van der Waals surface area (Å²) in [4.78, 5) is 37.3. The molecule has 0 radical (unpaired) electrons. The Balaban J connectivity index is 0.000000203. The maximum Gasteiger partial charge on any atom is 0.303 e. The Labute approximate surface area is 336 Å². The molecule has 0 unspecified atom stereocenters. The van der Waals surface area contributed by atoms with Gasteiger partial charge in [0.05, 0.1) is 39.5 Å². The SMILES string of the molecule is C#Cc1cccc(Nc2ncnc3cc(OC)c(OC)cc23)c1.C#Cc1cccc(Nc2ncnc3cc(OC)c(OC)cc23)c1.O=C(O)CCCCCCC(=O)O. The highest BCUT2D eigenvalue weighted by Gasteiger charge is 2.13. The maximum atomic E-state index is 10.0. The molecule has 14 heteroatoms. The number of ether oxygens (including phenoxy) is 4. The lowest BCUT2D eigenvalue weighted by Crippen LogP contribution is -1.98. The van der Waals surface area contributed by atoms with Crippen LogP contribution in [0.15, 0.2) is 85.5 Å². The number of nitrogens with zero attached hydrogens (tertiary/aromatic N) is 4. The number of benzene rings is 4. The third-order valence-corrected chi connectivity index (χ3v) is 8.40. The Morgan fingerprint density at radius 2 is 0.948 bits per heavy atom. The van der Waals surface area contributed by atoms with Gasteiger partial charge in [0.2, 0.25) is 0 Å². The number of hydrogen-bond acceptors (Lipinski definition) is 12. The van der Waals surface area contributed by atoms with Crippen molar-refractivity contribution in [2.24, 2.45) is 0 Å². The molecule has 14 nitrogen and oxygen atoms in total. The monoisotopic (exact) mass is 784 g/mol. The lowest BCUT2D eigenvalue weighted by atomic mass is 10.1. The number of nitrogens with one attached hydrogen (secondary N) is 2. The number of aromatic nitrogens is 4. The van der Waals surface area contributed by atoms with E-state index in [1.807, 2.05) is 72.8 Å². The molecular weight excluding hydrogens is 741 g/mol. The first kappa shape index (κ1) is 43.2. The van der Waals surface area contributed by atoms with Gasteiger partial charge in [0.15, 0.2) is 23.0 Å². The molecular formula is C44H44N6O8. The molecule has 0 spiro atoms. The van der Waals surface area contributed by atoms with Crippen molar-refractivity contribution in [2.75, 3.05) is 39.1 Å². The highest BCUT2D eigenvalue weighted by Crippen LogP contribution is 2.35. The Morgan fingerprint density at radius 1 is 0.569 bits per heavy atom. The summed E-state index contributed by atoms with van der Waals surface area (Å²) >= 11 is 0. The number of rotatable bonds is 15. The van der Waals surface area contributed by atoms with Gasteiger partial charge in [-0.1, -0.05) is 36.8 Å². The molecule has 0 amide bonds. The van der Waals surface area contributed by atoms with E-state index in [1.165, 1.54) is 12.7 Å². The van der Waals surface area contributed by atoms with E-state index in [-0.39, 0.29) is 12.8 Å². The van der Waals surface area contributed by atoms with Gasteiger partial charge in [-0.05, 0) is 61.4 Å². The van der Waals surface area contributed by atoms with Gasteiger partial charge in [0.25, 0.3) is 0 Å². The van der Waals surface area contributed by atoms with Gasteiger partial charge in [-0.2, -0.15) is 0 Å². The fraction of sp³-hybridized carbons (Fsp3) is 0.227. The van der Waals surface area contributed by atoms with Crippen molar-refractivity contribution in [3.8, 4) is 47.7 Å². The van der Waals surface area contributed by atoms with Gasteiger partial charge >= 0.3 is 11.9 Å². The minimum Gasteiger partial charge on any atom is -0.493 e. The molecule has 4 N–H and O–H groups in total. The van der Waals surface area contributed by atoms with Crippen molar-refractivity contribution in [2.45, 2.75) is 38.5 Å². The number of carbonyl (C=O) groups is 2. The van der Waals surface area contributed by atoms with Gasteiger partial charge in [-0.3, -0.25) is 9.59 Å². The van der Waals surface area contributed by atoms with Crippen LogP contribution in [0.1, 0.15) is 49.7 Å². The second-order valence-corrected chi connectivity index (χ2v) is 12.3. The lowest BCUT2D eigenvalue weighted by molar-refractivity contribution is -0.138. The van der Waals surface area contributed by atoms with Crippen LogP contribution in [0.2, 0.25) is 0 Å². The van der Waals surface area contributed by atoms with Crippen LogP contribution in [0, 0.1) is 24.7 Å². The number of anilines is 4. The van der Waals surface area contributed by atoms with Crippen LogP contribution in [-0.4, -0.2) is 70.5 Å². The van der Waals surface area contributed by atoms with E-state index >= 15 is 0 Å². The predicted octanol–water partition coefficient (Wildman–Crippen LogP) is 8.24. The summed E-state index contributed by atoms with van der Waals surface area (Å²) < 4.78 is 21.3. The molecule has 2 aromatic heterocycles. The second kappa shape index (κ2) is 22.1. The van der Waals surface area contributed by atoms with Crippen molar-refractivity contribution in [3.05, 3.63) is 96.6 Å². The number of carboxylic acid groups (broad SMARTS) is 2. The fourth-order valence-corrected chi connectivity index (χ4v) is 5.52. The molecule has 0 saturated heterocycles. The Kier molecular flexibility index (Phi) is 16.4. The highest BCUT2D eigenvalue weighted by atomic mass is 16.5. The molecule has 4 aromatic carbocycles. The largest absolute Gasteiger partial charge is 0.493 e. The third-order valence-electron chi connectivity index (χ3n) is 8.40. The fourth-order valence-electron chi connectivity index (χ4n) is 5.52. The molecule has 0 aliphatic rings. The number of hydrogen-bond donors (Lipinski definition) is 4. The molecule has 0 saturated carbocycles. The topological polar surface area (TPSA) is 187 Å². The molecule has 6 aromatic rings. The van der Waals surface area contributed by atoms with Crippen LogP contribution in [0.4, 0.5) is 23.0 Å². The number of unbranched alkanes of at least 4 members (excludes halogenated alkanes) is 3. The molecule has 0 bridgehead atoms. The summed E-state index contributed by atoms with van der Waals surface area (Å²) in [6.07, 6.45) is 17.2. The van der Waals surface area contributed by atoms with Gasteiger partial charge in [-0.15, -0.1) is 12.8 Å². The molecule has 298 valence electrons. The van der Waals surface area contributed by atoms with Gasteiger partial charge in [0, 0.05) is 58.2 Å². The number of aliphatic carboxylic acids is 2. The van der Waals surface area contributed by atoms with Crippen LogP contribution in [0.25, 0.3) is 21.8 Å². The Bertz CT molecular complexity index is 2260. The first-order valence-electron chi connectivity index (χ1n) is 18.0. The van der Waals surface area contributed by atoms with Crippen LogP contribution in [-0.2, 0) is 9.59 Å². The van der Waals surface area contributed by atoms with Gasteiger partial charge < -0.3 is 39.8 Å². The third kappa shape index (κ3) is 12.5. The van der Waals surface area contributed by atoms with E-state index in [0.29, 0.717) is 47.5 Å². The minimum atomic E-state index is -0.784. The average molecular weight is 785 g/mol. The molecule has 58 heavy (non-hydrogen) atoms. The first-order valence-corrected chi connectivity index (χ1v) is 18.0. The van der Waals surface area contributed by atoms with Crippen LogP contribution in [0.5, 0.6) is 23.0 Å². The van der Waals surface area contributed by atoms with Crippen LogP contribution in [0.3, 0.4) is 0 Å². The van der Waals surface area contributed by atoms with E-state index in [0.717, 1.165) is 57.1 Å². The van der Waals surface area contributed by atoms with Crippen LogP contribution >= 0.6 is 0 Å². The highest BCUT2D eigenvalue weighted by molar-refractivity contribution is 5.94. The smallest absolute Gasteiger partial charge is 0.303 e. The summed E-state index contributed by atoms with van der Waals surface area (Å²) in [5.41, 5.74) is 4.83. The van der Waals surface area contributed by atoms with Crippen molar-refractivity contribution in [3.63, 3.8) is 0 Å². The number of carboxylic acids is 2. The minimum absolute atomic E-state index is 0.188. The van der Waals surface area contributed by atoms with Crippen molar-refractivity contribution in [1.82, 2.24) is 19.9 Å².